The number of aromatic amines is 1. The molecule has 0 unspecified atom stereocenters. The summed E-state index contributed by atoms with van der Waals surface area (Å²) in [6.45, 7) is 1.44. The third kappa shape index (κ3) is 5.24. The first kappa shape index (κ1) is 17.7. The highest BCUT2D eigenvalue weighted by Gasteiger charge is 2.13. The second-order valence-electron chi connectivity index (χ2n) is 5.16. The molecule has 0 spiro atoms. The van der Waals surface area contributed by atoms with Crippen molar-refractivity contribution >= 4 is 29.3 Å². The van der Waals surface area contributed by atoms with Crippen molar-refractivity contribution < 1.29 is 19.1 Å². The smallest absolute Gasteiger partial charge is 0.355 e. The van der Waals surface area contributed by atoms with Crippen LogP contribution >= 0.6 is 11.6 Å². The van der Waals surface area contributed by atoms with Crippen molar-refractivity contribution in [3.63, 3.8) is 0 Å². The Labute approximate surface area is 144 Å². The monoisotopic (exact) mass is 348 g/mol. The van der Waals surface area contributed by atoms with E-state index in [4.69, 9.17) is 16.3 Å². The number of amides is 1. The molecule has 1 aromatic heterocycles. The summed E-state index contributed by atoms with van der Waals surface area (Å²) in [6.07, 6.45) is 2.07. The van der Waals surface area contributed by atoms with Gasteiger partial charge in [-0.2, -0.15) is 0 Å². The lowest BCUT2D eigenvalue weighted by molar-refractivity contribution is -0.124. The lowest BCUT2D eigenvalue weighted by Gasteiger charge is -2.06. The minimum absolute atomic E-state index is 0.133. The fourth-order valence-corrected chi connectivity index (χ4v) is 2.10. The lowest BCUT2D eigenvalue weighted by Crippen LogP contribution is -2.30. The van der Waals surface area contributed by atoms with Crippen LogP contribution < -0.4 is 5.32 Å². The van der Waals surface area contributed by atoms with E-state index in [1.165, 1.54) is 19.2 Å². The van der Waals surface area contributed by atoms with Gasteiger partial charge in [0.2, 0.25) is 0 Å². The molecule has 1 aromatic carbocycles. The minimum atomic E-state index is -0.685. The molecule has 0 atom stereocenters. The summed E-state index contributed by atoms with van der Waals surface area (Å²) in [5.74, 6) is -1.24. The molecule has 0 aliphatic rings. The third-order valence-electron chi connectivity index (χ3n) is 3.29. The maximum Gasteiger partial charge on any atom is 0.355 e. The van der Waals surface area contributed by atoms with Crippen LogP contribution in [0.5, 0.6) is 0 Å². The van der Waals surface area contributed by atoms with Gasteiger partial charge in [-0.1, -0.05) is 23.7 Å². The average molecular weight is 349 g/mol. The van der Waals surface area contributed by atoms with Crippen molar-refractivity contribution in [2.75, 3.05) is 13.2 Å². The number of carbonyl (C=O) groups excluding carboxylic acids is 3. The van der Waals surface area contributed by atoms with Crippen LogP contribution in [0.1, 0.15) is 33.3 Å². The first-order valence-electron chi connectivity index (χ1n) is 7.33. The normalized spacial score (nSPS) is 10.2. The molecule has 0 saturated carbocycles. The van der Waals surface area contributed by atoms with Gasteiger partial charge in [0, 0.05) is 23.3 Å². The summed E-state index contributed by atoms with van der Waals surface area (Å²) in [6, 6.07) is 8.72. The van der Waals surface area contributed by atoms with Gasteiger partial charge in [0.25, 0.3) is 5.91 Å². The Kier molecular flexibility index (Phi) is 6.14. The van der Waals surface area contributed by atoms with Crippen LogP contribution in [0.15, 0.2) is 36.5 Å². The molecular weight excluding hydrogens is 332 g/mol. The first-order chi connectivity index (χ1) is 11.5. The van der Waals surface area contributed by atoms with Gasteiger partial charge in [0.1, 0.15) is 5.69 Å². The van der Waals surface area contributed by atoms with Crippen LogP contribution in [0.3, 0.4) is 0 Å². The van der Waals surface area contributed by atoms with Gasteiger partial charge in [-0.05, 0) is 37.1 Å². The van der Waals surface area contributed by atoms with Crippen molar-refractivity contribution in [3.8, 4) is 0 Å². The molecule has 7 heteroatoms. The quantitative estimate of drug-likeness (QED) is 0.594. The molecule has 2 N–H and O–H groups in total. The molecule has 0 saturated heterocycles. The summed E-state index contributed by atoms with van der Waals surface area (Å²) in [5.41, 5.74) is 1.56. The number of carbonyl (C=O) groups is 3. The molecule has 1 heterocycles. The number of esters is 1. The van der Waals surface area contributed by atoms with Crippen LogP contribution in [0.25, 0.3) is 0 Å². The van der Waals surface area contributed by atoms with E-state index in [0.717, 1.165) is 5.56 Å². The summed E-state index contributed by atoms with van der Waals surface area (Å²) < 4.78 is 4.89. The average Bonchev–Trinajstić information content (AvgIpc) is 3.05. The van der Waals surface area contributed by atoms with Crippen molar-refractivity contribution in [3.05, 3.63) is 58.4 Å². The van der Waals surface area contributed by atoms with Crippen LogP contribution in [0, 0.1) is 0 Å². The van der Waals surface area contributed by atoms with E-state index in [1.807, 2.05) is 12.1 Å². The highest BCUT2D eigenvalue weighted by Crippen LogP contribution is 2.09. The van der Waals surface area contributed by atoms with Crippen LogP contribution in [0.2, 0.25) is 5.02 Å². The summed E-state index contributed by atoms with van der Waals surface area (Å²) in [7, 11) is 0. The number of nitrogens with one attached hydrogen (secondary N) is 2. The Bertz CT molecular complexity index is 737. The number of halogens is 1. The number of Topliss-reactive ketones (excluding diaryl/α,β-unsaturated/α-hetero) is 1. The molecule has 2 aromatic rings. The molecule has 6 nitrogen and oxygen atoms in total. The lowest BCUT2D eigenvalue weighted by atomic mass is 10.1. The molecule has 0 bridgehead atoms. The second-order valence-corrected chi connectivity index (χ2v) is 5.60. The van der Waals surface area contributed by atoms with Gasteiger partial charge in [-0.3, -0.25) is 9.59 Å². The Balaban J connectivity index is 1.71. The van der Waals surface area contributed by atoms with E-state index in [0.29, 0.717) is 23.6 Å². The van der Waals surface area contributed by atoms with E-state index in [9.17, 15) is 14.4 Å². The van der Waals surface area contributed by atoms with Gasteiger partial charge in [-0.15, -0.1) is 0 Å². The maximum absolute atomic E-state index is 11.8. The SMILES string of the molecule is CC(=O)c1c[nH]c(C(=O)OCC(=O)NCCc2ccc(Cl)cc2)c1. The fraction of sp³-hybridized carbons (Fsp3) is 0.235. The number of ketones is 1. The molecule has 24 heavy (non-hydrogen) atoms. The zero-order valence-corrected chi connectivity index (χ0v) is 13.9. The number of H-pyrrole nitrogens is 1. The number of benzene rings is 1. The number of hydrogen-bond acceptors (Lipinski definition) is 4. The van der Waals surface area contributed by atoms with Gasteiger partial charge in [0.15, 0.2) is 12.4 Å². The number of ether oxygens (including phenoxy) is 1. The largest absolute Gasteiger partial charge is 0.451 e. The number of aromatic nitrogens is 1. The van der Waals surface area contributed by atoms with E-state index >= 15 is 0 Å². The minimum Gasteiger partial charge on any atom is -0.451 e. The Morgan fingerprint density at radius 2 is 1.92 bits per heavy atom. The van der Waals surface area contributed by atoms with E-state index in [2.05, 4.69) is 10.3 Å². The van der Waals surface area contributed by atoms with Crippen LogP contribution in [-0.4, -0.2) is 35.8 Å². The van der Waals surface area contributed by atoms with Crippen LogP contribution in [-0.2, 0) is 16.0 Å². The fourth-order valence-electron chi connectivity index (χ4n) is 1.97. The molecule has 0 radical (unpaired) electrons. The zero-order valence-electron chi connectivity index (χ0n) is 13.1. The Hall–Kier alpha value is -2.60. The molecule has 126 valence electrons. The maximum atomic E-state index is 11.8. The summed E-state index contributed by atoms with van der Waals surface area (Å²) >= 11 is 5.80. The third-order valence-corrected chi connectivity index (χ3v) is 3.54. The van der Waals surface area contributed by atoms with Gasteiger partial charge >= 0.3 is 5.97 Å². The highest BCUT2D eigenvalue weighted by molar-refractivity contribution is 6.30. The molecule has 0 aliphatic carbocycles. The topological polar surface area (TPSA) is 88.3 Å². The van der Waals surface area contributed by atoms with Crippen LogP contribution in [0.4, 0.5) is 0 Å². The van der Waals surface area contributed by atoms with Crippen molar-refractivity contribution in [2.45, 2.75) is 13.3 Å². The molecule has 2 rings (SSSR count). The molecule has 1 amide bonds. The van der Waals surface area contributed by atoms with Crippen molar-refractivity contribution in [1.82, 2.24) is 10.3 Å². The molecule has 0 fully saturated rings. The van der Waals surface area contributed by atoms with Gasteiger partial charge in [-0.25, -0.2) is 4.79 Å². The van der Waals surface area contributed by atoms with Gasteiger partial charge < -0.3 is 15.0 Å². The molecule has 0 aliphatic heterocycles. The Morgan fingerprint density at radius 1 is 1.21 bits per heavy atom. The highest BCUT2D eigenvalue weighted by atomic mass is 35.5. The van der Waals surface area contributed by atoms with Gasteiger partial charge in [0.05, 0.1) is 0 Å². The van der Waals surface area contributed by atoms with Crippen molar-refractivity contribution in [2.24, 2.45) is 0 Å². The van der Waals surface area contributed by atoms with Crippen molar-refractivity contribution in [1.29, 1.82) is 0 Å². The first-order valence-corrected chi connectivity index (χ1v) is 7.71. The van der Waals surface area contributed by atoms with E-state index in [1.54, 1.807) is 12.1 Å². The summed E-state index contributed by atoms with van der Waals surface area (Å²) in [5, 5.41) is 3.32. The predicted octanol–water partition coefficient (Wildman–Crippen LogP) is 2.39. The van der Waals surface area contributed by atoms with E-state index < -0.39 is 11.9 Å². The standard InChI is InChI=1S/C17H17ClN2O4/c1-11(21)13-8-15(20-9-13)17(23)24-10-16(22)19-7-6-12-2-4-14(18)5-3-12/h2-5,8-9,20H,6-7,10H2,1H3,(H,19,22). The summed E-state index contributed by atoms with van der Waals surface area (Å²) in [4.78, 5) is 37.2. The van der Waals surface area contributed by atoms with E-state index in [-0.39, 0.29) is 18.1 Å². The number of rotatable bonds is 7. The predicted molar refractivity (Wildman–Crippen MR) is 89.2 cm³/mol. The Morgan fingerprint density at radius 3 is 2.54 bits per heavy atom. The number of hydrogen-bond donors (Lipinski definition) is 2. The molecular formula is C17H17ClN2O4. The zero-order chi connectivity index (χ0) is 17.5. The second kappa shape index (κ2) is 8.31.